The van der Waals surface area contributed by atoms with Crippen LogP contribution in [0.3, 0.4) is 0 Å². The van der Waals surface area contributed by atoms with E-state index in [-0.39, 0.29) is 23.6 Å². The maximum absolute atomic E-state index is 14.3. The van der Waals surface area contributed by atoms with E-state index < -0.39 is 39.0 Å². The Morgan fingerprint density at radius 1 is 1.06 bits per heavy atom. The molecular formula is C22H24F3N5O3S. The van der Waals surface area contributed by atoms with E-state index in [0.29, 0.717) is 47.9 Å². The molecule has 5 rings (SSSR count). The summed E-state index contributed by atoms with van der Waals surface area (Å²) in [6.07, 6.45) is 5.32. The summed E-state index contributed by atoms with van der Waals surface area (Å²) in [5, 5.41) is 12.3. The minimum atomic E-state index is -3.28. The van der Waals surface area contributed by atoms with Gasteiger partial charge in [0, 0.05) is 18.6 Å². The number of halogens is 3. The fourth-order valence-corrected chi connectivity index (χ4v) is 6.52. The van der Waals surface area contributed by atoms with Gasteiger partial charge in [0.1, 0.15) is 22.8 Å². The van der Waals surface area contributed by atoms with Crippen LogP contribution in [-0.2, 0) is 16.3 Å². The van der Waals surface area contributed by atoms with E-state index in [1.54, 1.807) is 4.57 Å². The molecule has 1 saturated heterocycles. The Bertz CT molecular complexity index is 1320. The van der Waals surface area contributed by atoms with Gasteiger partial charge in [0.25, 0.3) is 0 Å². The van der Waals surface area contributed by atoms with Gasteiger partial charge in [-0.3, -0.25) is 4.57 Å². The van der Waals surface area contributed by atoms with Crippen molar-refractivity contribution >= 4 is 32.6 Å². The standard InChI is InChI=1S/C22H24F3N5O3S/c23-13-8-16(24)20(17(25)9-13)29-22-27-18-10-26-19(7-12-1-3-15(31)4-2-12)28-21(18)30(22)14-5-6-34(32,33)11-14/h8-10,12,14-15,31H,1-7,11H2,(H,27,29)/t12?,14-,15?/m0/s1. The van der Waals surface area contributed by atoms with Gasteiger partial charge in [0.05, 0.1) is 29.8 Å². The average molecular weight is 496 g/mol. The van der Waals surface area contributed by atoms with Crippen molar-refractivity contribution in [2.24, 2.45) is 5.92 Å². The number of imidazole rings is 1. The zero-order valence-corrected chi connectivity index (χ0v) is 19.0. The normalized spacial score (nSPS) is 24.5. The third-order valence-electron chi connectivity index (χ3n) is 6.59. The summed E-state index contributed by atoms with van der Waals surface area (Å²) in [7, 11) is -3.28. The molecule has 12 heteroatoms. The number of aromatic nitrogens is 4. The summed E-state index contributed by atoms with van der Waals surface area (Å²) in [4.78, 5) is 13.4. The van der Waals surface area contributed by atoms with Crippen LogP contribution in [0.15, 0.2) is 18.3 Å². The summed E-state index contributed by atoms with van der Waals surface area (Å²) in [6.45, 7) is 0. The highest BCUT2D eigenvalue weighted by Gasteiger charge is 2.33. The molecule has 3 aromatic rings. The Hall–Kier alpha value is -2.73. The van der Waals surface area contributed by atoms with Crippen molar-refractivity contribution < 1.29 is 26.7 Å². The number of nitrogens with one attached hydrogen (secondary N) is 1. The SMILES string of the molecule is O=S1(=O)CC[C@H](n2c(Nc3c(F)cc(F)cc3F)nc3cnc(CC4CCC(O)CC4)nc32)C1. The highest BCUT2D eigenvalue weighted by Crippen LogP contribution is 2.34. The van der Waals surface area contributed by atoms with Crippen LogP contribution in [0.4, 0.5) is 24.8 Å². The third kappa shape index (κ3) is 4.61. The second-order valence-corrected chi connectivity index (χ2v) is 11.3. The number of sulfone groups is 1. The molecule has 34 heavy (non-hydrogen) atoms. The van der Waals surface area contributed by atoms with Gasteiger partial charge in [-0.15, -0.1) is 0 Å². The second-order valence-electron chi connectivity index (χ2n) is 9.11. The van der Waals surface area contributed by atoms with Gasteiger partial charge < -0.3 is 10.4 Å². The summed E-state index contributed by atoms with van der Waals surface area (Å²) in [5.74, 6) is -2.61. The molecule has 2 aromatic heterocycles. The van der Waals surface area contributed by atoms with Crippen LogP contribution in [0.1, 0.15) is 44.0 Å². The zero-order valence-electron chi connectivity index (χ0n) is 18.2. The molecule has 182 valence electrons. The Labute approximate surface area is 194 Å². The number of aliphatic hydroxyl groups excluding tert-OH is 1. The van der Waals surface area contributed by atoms with E-state index in [2.05, 4.69) is 20.3 Å². The zero-order chi connectivity index (χ0) is 24.0. The minimum absolute atomic E-state index is 0.00810. The maximum atomic E-state index is 14.3. The molecule has 0 unspecified atom stereocenters. The molecule has 0 radical (unpaired) electrons. The number of rotatable bonds is 5. The summed E-state index contributed by atoms with van der Waals surface area (Å²) >= 11 is 0. The number of benzene rings is 1. The molecule has 8 nitrogen and oxygen atoms in total. The Morgan fingerprint density at radius 3 is 2.41 bits per heavy atom. The lowest BCUT2D eigenvalue weighted by Crippen LogP contribution is -2.20. The van der Waals surface area contributed by atoms with Crippen molar-refractivity contribution in [2.75, 3.05) is 16.8 Å². The predicted octanol–water partition coefficient (Wildman–Crippen LogP) is 3.44. The second kappa shape index (κ2) is 8.81. The van der Waals surface area contributed by atoms with Crippen LogP contribution in [0.5, 0.6) is 0 Å². The van der Waals surface area contributed by atoms with E-state index in [0.717, 1.165) is 25.7 Å². The quantitative estimate of drug-likeness (QED) is 0.558. The fraction of sp³-hybridized carbons (Fsp3) is 0.500. The van der Waals surface area contributed by atoms with Crippen LogP contribution < -0.4 is 5.32 Å². The van der Waals surface area contributed by atoms with Crippen LogP contribution >= 0.6 is 0 Å². The van der Waals surface area contributed by atoms with Crippen molar-refractivity contribution in [1.82, 2.24) is 19.5 Å². The van der Waals surface area contributed by atoms with E-state index in [4.69, 9.17) is 0 Å². The first kappa shape index (κ1) is 23.0. The van der Waals surface area contributed by atoms with E-state index in [1.165, 1.54) is 6.20 Å². The van der Waals surface area contributed by atoms with E-state index in [9.17, 15) is 26.7 Å². The molecule has 0 bridgehead atoms. The molecule has 2 fully saturated rings. The van der Waals surface area contributed by atoms with Gasteiger partial charge in [-0.05, 0) is 38.0 Å². The summed E-state index contributed by atoms with van der Waals surface area (Å²) in [6, 6.07) is 0.575. The van der Waals surface area contributed by atoms with Gasteiger partial charge in [-0.25, -0.2) is 36.5 Å². The van der Waals surface area contributed by atoms with Crippen molar-refractivity contribution in [3.8, 4) is 0 Å². The molecule has 0 spiro atoms. The maximum Gasteiger partial charge on any atom is 0.210 e. The Morgan fingerprint density at radius 2 is 1.76 bits per heavy atom. The monoisotopic (exact) mass is 495 g/mol. The molecule has 1 aliphatic heterocycles. The van der Waals surface area contributed by atoms with Crippen molar-refractivity contribution in [3.63, 3.8) is 0 Å². The van der Waals surface area contributed by atoms with Crippen molar-refractivity contribution in [2.45, 2.75) is 50.7 Å². The molecule has 1 aliphatic carbocycles. The van der Waals surface area contributed by atoms with Gasteiger partial charge in [0.2, 0.25) is 5.95 Å². The molecule has 1 aromatic carbocycles. The van der Waals surface area contributed by atoms with Gasteiger partial charge in [0.15, 0.2) is 27.1 Å². The number of hydrogen-bond acceptors (Lipinski definition) is 7. The largest absolute Gasteiger partial charge is 0.393 e. The topological polar surface area (TPSA) is 110 Å². The smallest absolute Gasteiger partial charge is 0.210 e. The first-order valence-electron chi connectivity index (χ1n) is 11.2. The molecule has 2 N–H and O–H groups in total. The highest BCUT2D eigenvalue weighted by atomic mass is 32.2. The van der Waals surface area contributed by atoms with Crippen LogP contribution in [0, 0.1) is 23.4 Å². The predicted molar refractivity (Wildman–Crippen MR) is 119 cm³/mol. The van der Waals surface area contributed by atoms with Gasteiger partial charge in [-0.1, -0.05) is 0 Å². The highest BCUT2D eigenvalue weighted by molar-refractivity contribution is 7.91. The van der Waals surface area contributed by atoms with Crippen LogP contribution in [0.2, 0.25) is 0 Å². The number of hydrogen-bond donors (Lipinski definition) is 2. The van der Waals surface area contributed by atoms with E-state index >= 15 is 0 Å². The summed E-state index contributed by atoms with van der Waals surface area (Å²) in [5.41, 5.74) is 0.124. The first-order valence-corrected chi connectivity index (χ1v) is 13.0. The number of fused-ring (bicyclic) bond motifs is 1. The van der Waals surface area contributed by atoms with E-state index in [1.807, 2.05) is 0 Å². The molecule has 3 heterocycles. The van der Waals surface area contributed by atoms with Crippen LogP contribution in [-0.4, -0.2) is 50.7 Å². The molecular weight excluding hydrogens is 471 g/mol. The minimum Gasteiger partial charge on any atom is -0.393 e. The molecule has 1 saturated carbocycles. The molecule has 1 atom stereocenters. The Balaban J connectivity index is 1.54. The fourth-order valence-electron chi connectivity index (χ4n) is 4.82. The molecule has 2 aliphatic rings. The lowest BCUT2D eigenvalue weighted by atomic mass is 9.85. The number of aliphatic hydroxyl groups is 1. The van der Waals surface area contributed by atoms with Crippen molar-refractivity contribution in [3.05, 3.63) is 41.6 Å². The first-order chi connectivity index (χ1) is 16.2. The third-order valence-corrected chi connectivity index (χ3v) is 8.34. The van der Waals surface area contributed by atoms with Gasteiger partial charge in [-0.2, -0.15) is 0 Å². The Kier molecular flexibility index (Phi) is 5.96. The van der Waals surface area contributed by atoms with Crippen molar-refractivity contribution in [1.29, 1.82) is 0 Å². The van der Waals surface area contributed by atoms with Gasteiger partial charge >= 0.3 is 0 Å². The average Bonchev–Trinajstić information content (AvgIpc) is 3.30. The summed E-state index contributed by atoms with van der Waals surface area (Å²) < 4.78 is 67.9. The number of anilines is 2. The lowest BCUT2D eigenvalue weighted by molar-refractivity contribution is 0.108. The number of nitrogens with zero attached hydrogens (tertiary/aromatic N) is 4. The molecule has 0 amide bonds. The lowest BCUT2D eigenvalue weighted by Gasteiger charge is -2.24. The van der Waals surface area contributed by atoms with Crippen LogP contribution in [0.25, 0.3) is 11.2 Å².